The van der Waals surface area contributed by atoms with Crippen LogP contribution in [0, 0.1) is 12.7 Å². The molecule has 0 bridgehead atoms. The average Bonchev–Trinajstić information content (AvgIpc) is 3.25. The Morgan fingerprint density at radius 1 is 1.33 bits per heavy atom. The van der Waals surface area contributed by atoms with E-state index < -0.39 is 0 Å². The molecule has 27 heavy (non-hydrogen) atoms. The normalized spacial score (nSPS) is 16.2. The van der Waals surface area contributed by atoms with Gasteiger partial charge in [0.15, 0.2) is 0 Å². The number of hydrogen-bond donors (Lipinski definition) is 2. The van der Waals surface area contributed by atoms with E-state index in [0.29, 0.717) is 28.6 Å². The first-order chi connectivity index (χ1) is 13.0. The number of oxazole rings is 1. The van der Waals surface area contributed by atoms with Crippen molar-refractivity contribution in [1.82, 2.24) is 20.2 Å². The van der Waals surface area contributed by atoms with Gasteiger partial charge < -0.3 is 19.6 Å². The number of nitrogens with zero attached hydrogens (tertiary/aromatic N) is 2. The fraction of sp³-hybridized carbons (Fsp3) is 0.300. The first kappa shape index (κ1) is 17.5. The Bertz CT molecular complexity index is 975. The number of carbonyl (C=O) groups is 1. The SMILES string of the molecule is Cc1oc(-c2ccc(F)cc2)nc1CNC(=O)c1ccc2n1CCNC2C. The lowest BCUT2D eigenvalue weighted by Gasteiger charge is -2.24. The molecule has 1 amide bonds. The molecule has 4 rings (SSSR count). The Morgan fingerprint density at radius 3 is 2.89 bits per heavy atom. The van der Waals surface area contributed by atoms with Crippen LogP contribution in [0.3, 0.4) is 0 Å². The monoisotopic (exact) mass is 368 g/mol. The van der Waals surface area contributed by atoms with E-state index >= 15 is 0 Å². The van der Waals surface area contributed by atoms with Gasteiger partial charge in [0.2, 0.25) is 5.89 Å². The van der Waals surface area contributed by atoms with E-state index in [-0.39, 0.29) is 24.3 Å². The third kappa shape index (κ3) is 3.38. The number of rotatable bonds is 4. The van der Waals surface area contributed by atoms with Gasteiger partial charge >= 0.3 is 0 Å². The van der Waals surface area contributed by atoms with E-state index in [1.807, 2.05) is 12.1 Å². The van der Waals surface area contributed by atoms with Crippen molar-refractivity contribution in [3.05, 3.63) is 65.1 Å². The van der Waals surface area contributed by atoms with Crippen LogP contribution in [0.1, 0.15) is 40.6 Å². The molecular weight excluding hydrogens is 347 g/mol. The van der Waals surface area contributed by atoms with Crippen molar-refractivity contribution in [3.8, 4) is 11.5 Å². The first-order valence-electron chi connectivity index (χ1n) is 8.96. The molecule has 6 nitrogen and oxygen atoms in total. The number of aryl methyl sites for hydroxylation is 1. The zero-order valence-electron chi connectivity index (χ0n) is 15.3. The summed E-state index contributed by atoms with van der Waals surface area (Å²) >= 11 is 0. The van der Waals surface area contributed by atoms with Gasteiger partial charge in [-0.05, 0) is 50.2 Å². The van der Waals surface area contributed by atoms with Gasteiger partial charge in [-0.15, -0.1) is 0 Å². The van der Waals surface area contributed by atoms with Crippen LogP contribution >= 0.6 is 0 Å². The zero-order chi connectivity index (χ0) is 19.0. The molecule has 0 radical (unpaired) electrons. The van der Waals surface area contributed by atoms with Crippen LogP contribution in [-0.4, -0.2) is 22.0 Å². The highest BCUT2D eigenvalue weighted by Gasteiger charge is 2.22. The van der Waals surface area contributed by atoms with Crippen molar-refractivity contribution in [2.24, 2.45) is 0 Å². The minimum absolute atomic E-state index is 0.138. The highest BCUT2D eigenvalue weighted by molar-refractivity contribution is 5.93. The van der Waals surface area contributed by atoms with E-state index in [9.17, 15) is 9.18 Å². The number of hydrogen-bond acceptors (Lipinski definition) is 4. The standard InChI is InChI=1S/C20H21FN4O2/c1-12-17-7-8-18(25(17)10-9-22-12)19(26)23-11-16-13(2)27-20(24-16)14-3-5-15(21)6-4-14/h3-8,12,22H,9-11H2,1-2H3,(H,23,26). The van der Waals surface area contributed by atoms with E-state index in [4.69, 9.17) is 4.42 Å². The maximum absolute atomic E-state index is 13.1. The van der Waals surface area contributed by atoms with Crippen LogP contribution in [0.4, 0.5) is 4.39 Å². The molecule has 2 N–H and O–H groups in total. The molecule has 3 heterocycles. The highest BCUT2D eigenvalue weighted by atomic mass is 19.1. The quantitative estimate of drug-likeness (QED) is 0.742. The van der Waals surface area contributed by atoms with Crippen molar-refractivity contribution in [1.29, 1.82) is 0 Å². The number of fused-ring (bicyclic) bond motifs is 1. The maximum Gasteiger partial charge on any atom is 0.268 e. The molecule has 1 aromatic carbocycles. The molecule has 0 aliphatic carbocycles. The van der Waals surface area contributed by atoms with Gasteiger partial charge in [-0.25, -0.2) is 9.37 Å². The van der Waals surface area contributed by atoms with Crippen LogP contribution in [0.15, 0.2) is 40.8 Å². The van der Waals surface area contributed by atoms with Gasteiger partial charge in [-0.1, -0.05) is 0 Å². The van der Waals surface area contributed by atoms with E-state index in [1.54, 1.807) is 19.1 Å². The van der Waals surface area contributed by atoms with Gasteiger partial charge in [0, 0.05) is 30.4 Å². The van der Waals surface area contributed by atoms with Crippen molar-refractivity contribution < 1.29 is 13.6 Å². The smallest absolute Gasteiger partial charge is 0.268 e. The molecule has 0 fully saturated rings. The van der Waals surface area contributed by atoms with E-state index in [2.05, 4.69) is 27.1 Å². The summed E-state index contributed by atoms with van der Waals surface area (Å²) in [4.78, 5) is 17.1. The van der Waals surface area contributed by atoms with E-state index in [0.717, 1.165) is 18.8 Å². The number of amides is 1. The van der Waals surface area contributed by atoms with Crippen molar-refractivity contribution in [2.75, 3.05) is 6.54 Å². The van der Waals surface area contributed by atoms with E-state index in [1.165, 1.54) is 12.1 Å². The molecule has 1 aliphatic heterocycles. The summed E-state index contributed by atoms with van der Waals surface area (Å²) < 4.78 is 20.8. The Kier molecular flexibility index (Phi) is 4.53. The summed E-state index contributed by atoms with van der Waals surface area (Å²) in [6.45, 7) is 5.76. The minimum Gasteiger partial charge on any atom is -0.441 e. The maximum atomic E-state index is 13.1. The topological polar surface area (TPSA) is 72.1 Å². The third-order valence-corrected chi connectivity index (χ3v) is 4.88. The van der Waals surface area contributed by atoms with Crippen molar-refractivity contribution in [3.63, 3.8) is 0 Å². The van der Waals surface area contributed by atoms with Crippen molar-refractivity contribution >= 4 is 5.91 Å². The average molecular weight is 368 g/mol. The summed E-state index contributed by atoms with van der Waals surface area (Å²) in [5.41, 5.74) is 3.11. The van der Waals surface area contributed by atoms with Crippen LogP contribution in [0.5, 0.6) is 0 Å². The van der Waals surface area contributed by atoms with Gasteiger partial charge in [-0.3, -0.25) is 4.79 Å². The molecule has 1 aliphatic rings. The summed E-state index contributed by atoms with van der Waals surface area (Å²) in [5, 5.41) is 6.30. The fourth-order valence-electron chi connectivity index (χ4n) is 3.37. The second kappa shape index (κ2) is 7.00. The molecule has 1 unspecified atom stereocenters. The number of halogens is 1. The molecule has 7 heteroatoms. The number of carbonyl (C=O) groups excluding carboxylic acids is 1. The molecule has 0 saturated heterocycles. The lowest BCUT2D eigenvalue weighted by Crippen LogP contribution is -2.34. The summed E-state index contributed by atoms with van der Waals surface area (Å²) in [7, 11) is 0. The number of nitrogens with one attached hydrogen (secondary N) is 2. The Labute approximate surface area is 156 Å². The van der Waals surface area contributed by atoms with Crippen LogP contribution in [0.2, 0.25) is 0 Å². The molecular formula is C20H21FN4O2. The van der Waals surface area contributed by atoms with Gasteiger partial charge in [0.1, 0.15) is 23.0 Å². The second-order valence-corrected chi connectivity index (χ2v) is 6.68. The molecule has 140 valence electrons. The Balaban J connectivity index is 1.48. The summed E-state index contributed by atoms with van der Waals surface area (Å²) in [6, 6.07) is 10.0. The predicted molar refractivity (Wildman–Crippen MR) is 98.7 cm³/mol. The largest absolute Gasteiger partial charge is 0.441 e. The van der Waals surface area contributed by atoms with Crippen LogP contribution < -0.4 is 10.6 Å². The number of aromatic nitrogens is 2. The Hall–Kier alpha value is -2.93. The first-order valence-corrected chi connectivity index (χ1v) is 8.96. The lowest BCUT2D eigenvalue weighted by atomic mass is 10.2. The van der Waals surface area contributed by atoms with Gasteiger partial charge in [0.05, 0.1) is 6.54 Å². The van der Waals surface area contributed by atoms with Gasteiger partial charge in [0.25, 0.3) is 5.91 Å². The third-order valence-electron chi connectivity index (χ3n) is 4.88. The Morgan fingerprint density at radius 2 is 2.11 bits per heavy atom. The van der Waals surface area contributed by atoms with Gasteiger partial charge in [-0.2, -0.15) is 0 Å². The lowest BCUT2D eigenvalue weighted by molar-refractivity contribution is 0.0939. The molecule has 1 atom stereocenters. The van der Waals surface area contributed by atoms with Crippen LogP contribution in [0.25, 0.3) is 11.5 Å². The minimum atomic E-state index is -0.311. The fourth-order valence-corrected chi connectivity index (χ4v) is 3.37. The highest BCUT2D eigenvalue weighted by Crippen LogP contribution is 2.23. The molecule has 3 aromatic rings. The summed E-state index contributed by atoms with van der Waals surface area (Å²) in [6.07, 6.45) is 0. The second-order valence-electron chi connectivity index (χ2n) is 6.68. The number of benzene rings is 1. The van der Waals surface area contributed by atoms with Crippen LogP contribution in [-0.2, 0) is 13.1 Å². The summed E-state index contributed by atoms with van der Waals surface area (Å²) in [5.74, 6) is 0.594. The van der Waals surface area contributed by atoms with Crippen molar-refractivity contribution in [2.45, 2.75) is 33.0 Å². The molecule has 2 aromatic heterocycles. The zero-order valence-corrected chi connectivity index (χ0v) is 15.3. The predicted octanol–water partition coefficient (Wildman–Crippen LogP) is 3.18. The molecule has 0 spiro atoms. The molecule has 0 saturated carbocycles.